The zero-order valence-corrected chi connectivity index (χ0v) is 14.7. The number of imide groups is 1. The van der Waals surface area contributed by atoms with Gasteiger partial charge in [0.1, 0.15) is 6.54 Å². The smallest absolute Gasteiger partial charge is 0.265 e. The molecule has 3 amide bonds. The highest BCUT2D eigenvalue weighted by molar-refractivity contribution is 6.25. The number of para-hydroxylation sites is 1. The molecule has 1 heterocycles. The molecule has 2 aromatic carbocycles. The summed E-state index contributed by atoms with van der Waals surface area (Å²) >= 11 is 0. The van der Waals surface area contributed by atoms with Crippen LogP contribution in [-0.4, -0.2) is 50.4 Å². The molecule has 0 radical (unpaired) electrons. The van der Waals surface area contributed by atoms with Crippen LogP contribution in [0.4, 0.5) is 5.69 Å². The quantitative estimate of drug-likeness (QED) is 0.788. The molecular weight excluding hydrogens is 336 g/mol. The van der Waals surface area contributed by atoms with Crippen LogP contribution in [0.3, 0.4) is 0 Å². The first-order valence-electron chi connectivity index (χ1n) is 7.91. The number of carbonyl (C=O) groups is 3. The fraction of sp³-hybridized carbons (Fsp3) is 0.211. The molecular formula is C19H18N2O5. The molecule has 7 nitrogen and oxygen atoms in total. The molecule has 0 fully saturated rings. The molecule has 0 aromatic heterocycles. The summed E-state index contributed by atoms with van der Waals surface area (Å²) in [5.41, 5.74) is 0.823. The zero-order chi connectivity index (χ0) is 18.8. The van der Waals surface area contributed by atoms with Crippen LogP contribution in [0.5, 0.6) is 11.5 Å². The maximum Gasteiger partial charge on any atom is 0.265 e. The van der Waals surface area contributed by atoms with Crippen LogP contribution in [0.15, 0.2) is 42.5 Å². The first-order chi connectivity index (χ1) is 12.5. The normalized spacial score (nSPS) is 14.0. The van der Waals surface area contributed by atoms with E-state index in [0.29, 0.717) is 17.1 Å². The van der Waals surface area contributed by atoms with Gasteiger partial charge in [-0.25, -0.2) is 4.90 Å². The van der Waals surface area contributed by atoms with Crippen LogP contribution in [0.25, 0.3) is 0 Å². The van der Waals surface area contributed by atoms with Crippen molar-refractivity contribution in [2.45, 2.75) is 0 Å². The van der Waals surface area contributed by atoms with E-state index >= 15 is 0 Å². The number of methoxy groups -OCH3 is 2. The SMILES string of the molecule is COc1ccc(C(=O)N2C(=O)CN(C)C(=O)c3ccccc32)cc1OC. The van der Waals surface area contributed by atoms with Gasteiger partial charge in [-0.2, -0.15) is 0 Å². The second-order valence-electron chi connectivity index (χ2n) is 5.78. The Balaban J connectivity index is 2.10. The third-order valence-corrected chi connectivity index (χ3v) is 4.18. The number of hydrogen-bond acceptors (Lipinski definition) is 5. The lowest BCUT2D eigenvalue weighted by atomic mass is 10.1. The van der Waals surface area contributed by atoms with Gasteiger partial charge in [-0.15, -0.1) is 0 Å². The van der Waals surface area contributed by atoms with E-state index in [1.807, 2.05) is 0 Å². The van der Waals surface area contributed by atoms with E-state index < -0.39 is 11.8 Å². The van der Waals surface area contributed by atoms with Gasteiger partial charge in [0.15, 0.2) is 11.5 Å². The first-order valence-corrected chi connectivity index (χ1v) is 7.91. The molecule has 0 atom stereocenters. The minimum absolute atomic E-state index is 0.188. The highest BCUT2D eigenvalue weighted by atomic mass is 16.5. The fourth-order valence-electron chi connectivity index (χ4n) is 2.86. The van der Waals surface area contributed by atoms with Gasteiger partial charge >= 0.3 is 0 Å². The predicted molar refractivity (Wildman–Crippen MR) is 94.8 cm³/mol. The van der Waals surface area contributed by atoms with Crippen molar-refractivity contribution in [2.75, 3.05) is 32.7 Å². The molecule has 134 valence electrons. The van der Waals surface area contributed by atoms with Gasteiger partial charge in [-0.1, -0.05) is 12.1 Å². The van der Waals surface area contributed by atoms with Crippen molar-refractivity contribution in [1.29, 1.82) is 0 Å². The van der Waals surface area contributed by atoms with Gasteiger partial charge in [0.25, 0.3) is 17.7 Å². The molecule has 0 unspecified atom stereocenters. The third kappa shape index (κ3) is 2.88. The standard InChI is InChI=1S/C19H18N2O5/c1-20-11-17(22)21(14-7-5-4-6-13(14)19(20)24)18(23)12-8-9-15(25-2)16(10-12)26-3/h4-10H,11H2,1-3H3. The van der Waals surface area contributed by atoms with Crippen molar-refractivity contribution in [3.05, 3.63) is 53.6 Å². The summed E-state index contributed by atoms with van der Waals surface area (Å²) in [7, 11) is 4.49. The number of carbonyl (C=O) groups excluding carboxylic acids is 3. The summed E-state index contributed by atoms with van der Waals surface area (Å²) in [6.07, 6.45) is 0. The number of benzene rings is 2. The van der Waals surface area contributed by atoms with E-state index in [9.17, 15) is 14.4 Å². The molecule has 0 bridgehead atoms. The van der Waals surface area contributed by atoms with E-state index in [1.54, 1.807) is 36.4 Å². The Morgan fingerprint density at radius 2 is 1.69 bits per heavy atom. The Morgan fingerprint density at radius 1 is 1.00 bits per heavy atom. The second-order valence-corrected chi connectivity index (χ2v) is 5.78. The average molecular weight is 354 g/mol. The molecule has 0 spiro atoms. The number of likely N-dealkylation sites (N-methyl/N-ethyl adjacent to an activating group) is 1. The number of rotatable bonds is 3. The van der Waals surface area contributed by atoms with Gasteiger partial charge in [-0.3, -0.25) is 14.4 Å². The maximum atomic E-state index is 13.1. The number of ether oxygens (including phenoxy) is 2. The highest BCUT2D eigenvalue weighted by Gasteiger charge is 2.34. The van der Waals surface area contributed by atoms with Gasteiger partial charge in [0.05, 0.1) is 25.5 Å². The van der Waals surface area contributed by atoms with E-state index in [0.717, 1.165) is 4.90 Å². The largest absolute Gasteiger partial charge is 0.493 e. The lowest BCUT2D eigenvalue weighted by molar-refractivity contribution is -0.118. The lowest BCUT2D eigenvalue weighted by Crippen LogP contribution is -2.41. The van der Waals surface area contributed by atoms with Crippen molar-refractivity contribution in [3.63, 3.8) is 0 Å². The number of hydrogen-bond donors (Lipinski definition) is 0. The Hall–Kier alpha value is -3.35. The lowest BCUT2D eigenvalue weighted by Gasteiger charge is -2.21. The van der Waals surface area contributed by atoms with Crippen molar-refractivity contribution in [1.82, 2.24) is 4.90 Å². The topological polar surface area (TPSA) is 76.2 Å². The van der Waals surface area contributed by atoms with Gasteiger partial charge < -0.3 is 14.4 Å². The van der Waals surface area contributed by atoms with E-state index in [1.165, 1.54) is 32.2 Å². The summed E-state index contributed by atoms with van der Waals surface area (Å²) in [6, 6.07) is 11.2. The van der Waals surface area contributed by atoms with Crippen LogP contribution in [0.2, 0.25) is 0 Å². The Labute approximate surface area is 150 Å². The van der Waals surface area contributed by atoms with Gasteiger partial charge in [0.2, 0.25) is 0 Å². The molecule has 26 heavy (non-hydrogen) atoms. The van der Waals surface area contributed by atoms with Crippen molar-refractivity contribution < 1.29 is 23.9 Å². The van der Waals surface area contributed by atoms with E-state index in [4.69, 9.17) is 9.47 Å². The summed E-state index contributed by atoms with van der Waals surface area (Å²) in [6.45, 7) is -0.188. The van der Waals surface area contributed by atoms with Crippen LogP contribution in [-0.2, 0) is 4.79 Å². The molecule has 2 aromatic rings. The number of amides is 3. The molecule has 7 heteroatoms. The van der Waals surface area contributed by atoms with E-state index in [-0.39, 0.29) is 23.7 Å². The average Bonchev–Trinajstić information content (AvgIpc) is 2.75. The number of fused-ring (bicyclic) bond motifs is 1. The molecule has 3 rings (SSSR count). The Bertz CT molecular complexity index is 893. The van der Waals surface area contributed by atoms with Crippen LogP contribution < -0.4 is 14.4 Å². The molecule has 0 aliphatic carbocycles. The minimum Gasteiger partial charge on any atom is -0.493 e. The van der Waals surface area contributed by atoms with Crippen molar-refractivity contribution >= 4 is 23.4 Å². The Morgan fingerprint density at radius 3 is 2.38 bits per heavy atom. The minimum atomic E-state index is -0.536. The molecule has 1 aliphatic rings. The summed E-state index contributed by atoms with van der Waals surface area (Å²) in [4.78, 5) is 40.6. The summed E-state index contributed by atoms with van der Waals surface area (Å²) < 4.78 is 10.4. The van der Waals surface area contributed by atoms with Crippen molar-refractivity contribution in [2.24, 2.45) is 0 Å². The second kappa shape index (κ2) is 6.87. The van der Waals surface area contributed by atoms with Crippen molar-refractivity contribution in [3.8, 4) is 11.5 Å². The van der Waals surface area contributed by atoms with Crippen LogP contribution >= 0.6 is 0 Å². The monoisotopic (exact) mass is 354 g/mol. The number of anilines is 1. The molecule has 0 N–H and O–H groups in total. The van der Waals surface area contributed by atoms with Crippen LogP contribution in [0, 0.1) is 0 Å². The zero-order valence-electron chi connectivity index (χ0n) is 14.7. The predicted octanol–water partition coefficient (Wildman–Crippen LogP) is 1.96. The summed E-state index contributed by atoms with van der Waals surface area (Å²) in [5, 5.41) is 0. The third-order valence-electron chi connectivity index (χ3n) is 4.18. The van der Waals surface area contributed by atoms with Gasteiger partial charge in [-0.05, 0) is 30.3 Å². The van der Waals surface area contributed by atoms with E-state index in [2.05, 4.69) is 0 Å². The maximum absolute atomic E-state index is 13.1. The van der Waals surface area contributed by atoms with Gasteiger partial charge in [0, 0.05) is 12.6 Å². The molecule has 0 saturated heterocycles. The molecule has 1 aliphatic heterocycles. The molecule has 0 saturated carbocycles. The number of nitrogens with zero attached hydrogens (tertiary/aromatic N) is 2. The Kier molecular flexibility index (Phi) is 4.62. The van der Waals surface area contributed by atoms with Crippen LogP contribution in [0.1, 0.15) is 20.7 Å². The first kappa shape index (κ1) is 17.5. The highest BCUT2D eigenvalue weighted by Crippen LogP contribution is 2.31. The summed E-state index contributed by atoms with van der Waals surface area (Å²) in [5.74, 6) is -0.475. The fourth-order valence-corrected chi connectivity index (χ4v) is 2.86.